The molecule has 2 aromatic carbocycles. The highest BCUT2D eigenvalue weighted by molar-refractivity contribution is 7.98. The van der Waals surface area contributed by atoms with Crippen LogP contribution in [0.4, 0.5) is 24.5 Å². The number of Topliss-reactive ketones (excluding diaryl/α,β-unsaturated/α-hetero) is 1. The number of hydrogen-bond acceptors (Lipinski definition) is 4. The molecular weight excluding hydrogens is 415 g/mol. The average Bonchev–Trinajstić information content (AvgIpc) is 2.68. The Morgan fingerprint density at radius 3 is 2.43 bits per heavy atom. The number of ether oxygens (including phenoxy) is 1. The van der Waals surface area contributed by atoms with Crippen LogP contribution in [0.5, 0.6) is 0 Å². The summed E-state index contributed by atoms with van der Waals surface area (Å²) in [4.78, 5) is 25.2. The highest BCUT2D eigenvalue weighted by Crippen LogP contribution is 2.52. The Bertz CT molecular complexity index is 1010. The van der Waals surface area contributed by atoms with Crippen molar-refractivity contribution >= 4 is 46.7 Å². The summed E-state index contributed by atoms with van der Waals surface area (Å²) < 4.78 is 46.2. The maximum Gasteiger partial charge on any atom is 0.347 e. The smallest absolute Gasteiger partial charge is 0.347 e. The molecule has 0 fully saturated rings. The van der Waals surface area contributed by atoms with Gasteiger partial charge in [-0.2, -0.15) is 3.89 Å². The number of benzene rings is 2. The van der Waals surface area contributed by atoms with Crippen molar-refractivity contribution in [3.63, 3.8) is 0 Å². The number of quaternary nitrogens is 1. The van der Waals surface area contributed by atoms with Crippen LogP contribution in [0, 0.1) is 17.5 Å². The van der Waals surface area contributed by atoms with E-state index in [-0.39, 0.29) is 23.4 Å². The topological polar surface area (TPSA) is 43.4 Å². The average molecular weight is 429 g/mol. The molecule has 0 radical (unpaired) electrons. The van der Waals surface area contributed by atoms with Crippen molar-refractivity contribution in [1.29, 1.82) is 0 Å². The Kier molecular flexibility index (Phi) is 5.56. The molecule has 2 aromatic rings. The number of carbonyl (C=O) groups is 2. The molecule has 1 aliphatic rings. The lowest BCUT2D eigenvalue weighted by molar-refractivity contribution is -0.138. The first-order valence-electron chi connectivity index (χ1n) is 8.10. The maximum absolute atomic E-state index is 14.3. The van der Waals surface area contributed by atoms with Gasteiger partial charge in [-0.1, -0.05) is 11.6 Å². The van der Waals surface area contributed by atoms with Gasteiger partial charge in [-0.25, -0.2) is 18.0 Å². The summed E-state index contributed by atoms with van der Waals surface area (Å²) in [6.45, 7) is 1.59. The number of carbonyl (C=O) groups excluding carboxylic acids is 2. The summed E-state index contributed by atoms with van der Waals surface area (Å²) in [5.41, 5.74) is -0.307. The van der Waals surface area contributed by atoms with E-state index in [1.807, 2.05) is 0 Å². The third-order valence-corrected chi connectivity index (χ3v) is 5.68. The fraction of sp³-hybridized carbons (Fsp3) is 0.158. The van der Waals surface area contributed by atoms with Crippen LogP contribution < -0.4 is 3.89 Å². The maximum atomic E-state index is 14.3. The van der Waals surface area contributed by atoms with Crippen molar-refractivity contribution in [2.24, 2.45) is 0 Å². The normalized spacial score (nSPS) is 18.5. The minimum Gasteiger partial charge on any atom is -0.462 e. The van der Waals surface area contributed by atoms with Crippen LogP contribution in [0.15, 0.2) is 42.1 Å². The molecule has 1 atom stereocenters. The number of nitrogens with zero attached hydrogens (tertiary/aromatic N) is 1. The number of halogens is 4. The molecule has 4 nitrogen and oxygen atoms in total. The first kappa shape index (κ1) is 20.4. The van der Waals surface area contributed by atoms with Gasteiger partial charge in [0.1, 0.15) is 17.0 Å². The van der Waals surface area contributed by atoms with E-state index in [9.17, 15) is 22.8 Å². The Morgan fingerprint density at radius 2 is 1.86 bits per heavy atom. The lowest BCUT2D eigenvalue weighted by Gasteiger charge is -2.35. The minimum atomic E-state index is -1.32. The van der Waals surface area contributed by atoms with Gasteiger partial charge in [-0.3, -0.25) is 4.79 Å². The molecule has 1 heterocycles. The molecule has 0 bridgehead atoms. The zero-order valence-electron chi connectivity index (χ0n) is 14.8. The second-order valence-corrected chi connectivity index (χ2v) is 7.11. The predicted molar refractivity (Wildman–Crippen MR) is 102 cm³/mol. The quantitative estimate of drug-likeness (QED) is 0.217. The summed E-state index contributed by atoms with van der Waals surface area (Å²) >= 11 is 7.17. The molecule has 0 amide bonds. The zero-order valence-corrected chi connectivity index (χ0v) is 16.3. The van der Waals surface area contributed by atoms with Gasteiger partial charge in [-0.05, 0) is 25.1 Å². The van der Waals surface area contributed by atoms with Crippen LogP contribution in [0.1, 0.15) is 17.3 Å². The van der Waals surface area contributed by atoms with Crippen molar-refractivity contribution in [3.05, 3.63) is 70.1 Å². The summed E-state index contributed by atoms with van der Waals surface area (Å²) in [5, 5.41) is -0.596. The lowest BCUT2D eigenvalue weighted by Crippen LogP contribution is -2.38. The summed E-state index contributed by atoms with van der Waals surface area (Å²) in [5.74, 6) is -4.89. The molecule has 0 spiro atoms. The van der Waals surface area contributed by atoms with Gasteiger partial charge < -0.3 is 4.74 Å². The number of ketones is 1. The van der Waals surface area contributed by atoms with Crippen molar-refractivity contribution in [3.8, 4) is 0 Å². The molecule has 28 heavy (non-hydrogen) atoms. The predicted octanol–water partition coefficient (Wildman–Crippen LogP) is 5.32. The van der Waals surface area contributed by atoms with Crippen molar-refractivity contribution in [1.82, 2.24) is 3.89 Å². The van der Waals surface area contributed by atoms with E-state index in [0.717, 1.165) is 11.9 Å². The molecule has 146 valence electrons. The van der Waals surface area contributed by atoms with E-state index < -0.39 is 38.1 Å². The van der Waals surface area contributed by atoms with Crippen LogP contribution in [0.3, 0.4) is 0 Å². The van der Waals surface area contributed by atoms with Crippen LogP contribution in [0.2, 0.25) is 5.02 Å². The monoisotopic (exact) mass is 428 g/mol. The van der Waals surface area contributed by atoms with Crippen LogP contribution >= 0.6 is 23.5 Å². The van der Waals surface area contributed by atoms with E-state index in [1.54, 1.807) is 13.2 Å². The van der Waals surface area contributed by atoms with Gasteiger partial charge >= 0.3 is 5.97 Å². The number of fused-ring (bicyclic) bond motifs is 1. The Balaban J connectivity index is 2.40. The standard InChI is InChI=1S/C19H14ClF3NO3S/c1-3-27-19(26)13-9-24(28-2,11-6-4-10(21)5-7-11)17-12(18(13)25)8-14(22)16(23)15(17)20/h4-9H,3H2,1-2H3/q+1. The molecule has 3 rings (SSSR count). The molecule has 9 heteroatoms. The molecule has 0 saturated heterocycles. The summed E-state index contributed by atoms with van der Waals surface area (Å²) in [6, 6.07) is 5.86. The Hall–Kier alpha value is -2.29. The van der Waals surface area contributed by atoms with Gasteiger partial charge in [0.05, 0.1) is 24.1 Å². The van der Waals surface area contributed by atoms with E-state index >= 15 is 0 Å². The number of rotatable bonds is 4. The zero-order chi connectivity index (χ0) is 20.6. The Labute approximate surface area is 168 Å². The molecule has 1 unspecified atom stereocenters. The second kappa shape index (κ2) is 7.62. The van der Waals surface area contributed by atoms with Gasteiger partial charge in [-0.15, -0.1) is 0 Å². The van der Waals surface area contributed by atoms with Gasteiger partial charge in [0.15, 0.2) is 28.6 Å². The minimum absolute atomic E-state index is 0.0185. The largest absolute Gasteiger partial charge is 0.462 e. The molecule has 0 aromatic heterocycles. The fourth-order valence-electron chi connectivity index (χ4n) is 3.00. The molecule has 0 saturated carbocycles. The van der Waals surface area contributed by atoms with E-state index in [1.165, 1.54) is 30.5 Å². The summed E-state index contributed by atoms with van der Waals surface area (Å²) in [6.07, 6.45) is 2.88. The van der Waals surface area contributed by atoms with Crippen molar-refractivity contribution in [2.45, 2.75) is 6.92 Å². The molecule has 1 aliphatic heterocycles. The molecular formula is C19H14ClF3NO3S+. The summed E-state index contributed by atoms with van der Waals surface area (Å²) in [7, 11) is 0. The lowest BCUT2D eigenvalue weighted by atomic mass is 9.96. The van der Waals surface area contributed by atoms with Gasteiger partial charge in [0, 0.05) is 18.4 Å². The molecule has 0 aliphatic carbocycles. The molecule has 0 N–H and O–H groups in total. The van der Waals surface area contributed by atoms with E-state index in [0.29, 0.717) is 11.8 Å². The SMILES string of the molecule is CCOC(=O)C1=C[N+](SC)(c2ccc(F)cc2)c2c(cc(F)c(F)c2Cl)C1=O. The number of hydrogen-bond donors (Lipinski definition) is 0. The van der Waals surface area contributed by atoms with Crippen molar-refractivity contribution in [2.75, 3.05) is 12.9 Å². The van der Waals surface area contributed by atoms with Crippen LogP contribution in [-0.4, -0.2) is 24.6 Å². The van der Waals surface area contributed by atoms with Crippen molar-refractivity contribution < 1.29 is 27.5 Å². The first-order chi connectivity index (χ1) is 13.3. The van der Waals surface area contributed by atoms with Gasteiger partial charge in [0.25, 0.3) is 0 Å². The Morgan fingerprint density at radius 1 is 1.21 bits per heavy atom. The van der Waals surface area contributed by atoms with Crippen LogP contribution in [0.25, 0.3) is 0 Å². The third kappa shape index (κ3) is 3.11. The van der Waals surface area contributed by atoms with E-state index in [4.69, 9.17) is 16.3 Å². The first-order valence-corrected chi connectivity index (χ1v) is 9.66. The van der Waals surface area contributed by atoms with Gasteiger partial charge in [0.2, 0.25) is 5.78 Å². The van der Waals surface area contributed by atoms with Crippen LogP contribution in [-0.2, 0) is 9.53 Å². The third-order valence-electron chi connectivity index (χ3n) is 4.26. The fourth-order valence-corrected chi connectivity index (χ4v) is 4.29. The van der Waals surface area contributed by atoms with E-state index in [2.05, 4.69) is 0 Å². The highest BCUT2D eigenvalue weighted by Gasteiger charge is 2.47. The highest BCUT2D eigenvalue weighted by atomic mass is 35.5. The number of esters is 1. The second-order valence-electron chi connectivity index (χ2n) is 5.79.